The second kappa shape index (κ2) is 4.53. The van der Waals surface area contributed by atoms with Crippen molar-refractivity contribution < 1.29 is 4.42 Å². The molecule has 1 saturated heterocycles. The minimum Gasteiger partial charge on any atom is -0.456 e. The molecule has 0 N–H and O–H groups in total. The van der Waals surface area contributed by atoms with Crippen molar-refractivity contribution in [2.24, 2.45) is 0 Å². The average molecular weight is 266 g/mol. The van der Waals surface area contributed by atoms with E-state index < -0.39 is 0 Å². The molecule has 1 fully saturated rings. The maximum atomic E-state index is 5.97. The Bertz CT molecular complexity index is 754. The molecular weight excluding hydrogens is 248 g/mol. The summed E-state index contributed by atoms with van der Waals surface area (Å²) >= 11 is 0. The van der Waals surface area contributed by atoms with E-state index in [0.29, 0.717) is 0 Å². The van der Waals surface area contributed by atoms with E-state index in [1.54, 1.807) is 0 Å². The fourth-order valence-corrected chi connectivity index (χ4v) is 2.98. The van der Waals surface area contributed by atoms with Crippen LogP contribution < -0.4 is 4.90 Å². The summed E-state index contributed by atoms with van der Waals surface area (Å²) in [6.07, 6.45) is 0. The fraction of sp³-hybridized carbons (Fsp3) is 0.294. The van der Waals surface area contributed by atoms with Gasteiger partial charge in [0.2, 0.25) is 0 Å². The molecule has 2 heterocycles. The molecule has 1 aliphatic heterocycles. The Balaban J connectivity index is 1.77. The van der Waals surface area contributed by atoms with Gasteiger partial charge >= 0.3 is 0 Å². The summed E-state index contributed by atoms with van der Waals surface area (Å²) in [5.41, 5.74) is 3.23. The number of likely N-dealkylation sites (N-methyl/N-ethyl adjacent to an activating group) is 1. The van der Waals surface area contributed by atoms with Gasteiger partial charge in [-0.25, -0.2) is 0 Å². The molecule has 0 atom stereocenters. The van der Waals surface area contributed by atoms with Gasteiger partial charge in [0, 0.05) is 48.7 Å². The number of piperazine rings is 1. The molecule has 0 spiro atoms. The van der Waals surface area contributed by atoms with Crippen LogP contribution in [-0.4, -0.2) is 38.1 Å². The highest BCUT2D eigenvalue weighted by atomic mass is 16.3. The molecule has 0 unspecified atom stereocenters. The van der Waals surface area contributed by atoms with E-state index in [1.807, 2.05) is 12.1 Å². The fourth-order valence-electron chi connectivity index (χ4n) is 2.98. The van der Waals surface area contributed by atoms with Crippen molar-refractivity contribution >= 4 is 27.6 Å². The molecule has 2 aromatic carbocycles. The van der Waals surface area contributed by atoms with Crippen molar-refractivity contribution in [3.63, 3.8) is 0 Å². The summed E-state index contributed by atoms with van der Waals surface area (Å²) in [5.74, 6) is 0. The summed E-state index contributed by atoms with van der Waals surface area (Å²) in [7, 11) is 2.18. The van der Waals surface area contributed by atoms with E-state index in [1.165, 1.54) is 16.5 Å². The quantitative estimate of drug-likeness (QED) is 0.673. The molecule has 1 aromatic heterocycles. The number of hydrogen-bond donors (Lipinski definition) is 0. The first-order chi connectivity index (χ1) is 9.81. The first-order valence-electron chi connectivity index (χ1n) is 7.16. The summed E-state index contributed by atoms with van der Waals surface area (Å²) in [6.45, 7) is 4.42. The zero-order valence-corrected chi connectivity index (χ0v) is 11.7. The molecule has 3 nitrogen and oxygen atoms in total. The van der Waals surface area contributed by atoms with Gasteiger partial charge in [-0.3, -0.25) is 0 Å². The van der Waals surface area contributed by atoms with Crippen molar-refractivity contribution in [3.8, 4) is 0 Å². The zero-order valence-electron chi connectivity index (χ0n) is 11.7. The molecule has 0 amide bonds. The molecule has 0 radical (unpaired) electrons. The number of nitrogens with zero attached hydrogens (tertiary/aromatic N) is 2. The van der Waals surface area contributed by atoms with Crippen molar-refractivity contribution in [2.45, 2.75) is 0 Å². The molecule has 3 aromatic rings. The minimum atomic E-state index is 0.970. The van der Waals surface area contributed by atoms with E-state index >= 15 is 0 Å². The third-order valence-electron chi connectivity index (χ3n) is 4.23. The number of benzene rings is 2. The highest BCUT2D eigenvalue weighted by Crippen LogP contribution is 2.31. The van der Waals surface area contributed by atoms with E-state index in [-0.39, 0.29) is 0 Å². The summed E-state index contributed by atoms with van der Waals surface area (Å²) in [6, 6.07) is 14.8. The lowest BCUT2D eigenvalue weighted by molar-refractivity contribution is 0.313. The van der Waals surface area contributed by atoms with Crippen LogP contribution in [-0.2, 0) is 0 Å². The number of furan rings is 1. The van der Waals surface area contributed by atoms with Crippen LogP contribution in [0, 0.1) is 0 Å². The summed E-state index contributed by atoms with van der Waals surface area (Å²) in [5, 5.41) is 2.41. The highest BCUT2D eigenvalue weighted by molar-refractivity contribution is 6.05. The maximum absolute atomic E-state index is 5.97. The number of para-hydroxylation sites is 1. The maximum Gasteiger partial charge on any atom is 0.137 e. The predicted octanol–water partition coefficient (Wildman–Crippen LogP) is 3.34. The Hall–Kier alpha value is -2.00. The average Bonchev–Trinajstić information content (AvgIpc) is 2.85. The molecule has 0 saturated carbocycles. The van der Waals surface area contributed by atoms with Gasteiger partial charge in [-0.1, -0.05) is 18.2 Å². The van der Waals surface area contributed by atoms with E-state index in [9.17, 15) is 0 Å². The van der Waals surface area contributed by atoms with Crippen molar-refractivity contribution in [2.75, 3.05) is 38.1 Å². The molecular formula is C17H18N2O. The molecule has 102 valence electrons. The highest BCUT2D eigenvalue weighted by Gasteiger charge is 2.15. The minimum absolute atomic E-state index is 0.970. The predicted molar refractivity (Wildman–Crippen MR) is 83.4 cm³/mol. The van der Waals surface area contributed by atoms with Crippen LogP contribution in [0.25, 0.3) is 21.9 Å². The van der Waals surface area contributed by atoms with Crippen LogP contribution in [0.4, 0.5) is 5.69 Å². The third-order valence-corrected chi connectivity index (χ3v) is 4.23. The van der Waals surface area contributed by atoms with Gasteiger partial charge in [-0.2, -0.15) is 0 Å². The van der Waals surface area contributed by atoms with Crippen molar-refractivity contribution in [1.29, 1.82) is 0 Å². The lowest BCUT2D eigenvalue weighted by Crippen LogP contribution is -2.44. The van der Waals surface area contributed by atoms with Crippen LogP contribution in [0.15, 0.2) is 46.9 Å². The van der Waals surface area contributed by atoms with Gasteiger partial charge in [0.1, 0.15) is 11.2 Å². The van der Waals surface area contributed by atoms with Gasteiger partial charge in [-0.15, -0.1) is 0 Å². The van der Waals surface area contributed by atoms with E-state index in [0.717, 1.165) is 37.3 Å². The van der Waals surface area contributed by atoms with Crippen LogP contribution in [0.1, 0.15) is 0 Å². The smallest absolute Gasteiger partial charge is 0.137 e. The van der Waals surface area contributed by atoms with E-state index in [4.69, 9.17) is 4.42 Å². The van der Waals surface area contributed by atoms with Crippen LogP contribution >= 0.6 is 0 Å². The molecule has 20 heavy (non-hydrogen) atoms. The molecule has 1 aliphatic rings. The monoisotopic (exact) mass is 266 g/mol. The first-order valence-corrected chi connectivity index (χ1v) is 7.16. The number of fused-ring (bicyclic) bond motifs is 3. The number of hydrogen-bond acceptors (Lipinski definition) is 3. The largest absolute Gasteiger partial charge is 0.456 e. The Morgan fingerprint density at radius 3 is 2.45 bits per heavy atom. The van der Waals surface area contributed by atoms with Gasteiger partial charge < -0.3 is 14.2 Å². The van der Waals surface area contributed by atoms with Crippen LogP contribution in [0.5, 0.6) is 0 Å². The Labute approximate surface area is 118 Å². The normalized spacial score (nSPS) is 17.1. The van der Waals surface area contributed by atoms with Crippen LogP contribution in [0.3, 0.4) is 0 Å². The van der Waals surface area contributed by atoms with E-state index in [2.05, 4.69) is 47.2 Å². The summed E-state index contributed by atoms with van der Waals surface area (Å²) in [4.78, 5) is 4.81. The third kappa shape index (κ3) is 1.86. The zero-order chi connectivity index (χ0) is 13.5. The standard InChI is InChI=1S/C17H18N2O/c1-18-8-10-19(11-9-18)13-6-7-15-14-4-2-3-5-16(14)20-17(15)12-13/h2-7,12H,8-11H2,1H3. The summed E-state index contributed by atoms with van der Waals surface area (Å²) < 4.78 is 5.97. The number of rotatable bonds is 1. The van der Waals surface area contributed by atoms with Gasteiger partial charge in [0.05, 0.1) is 0 Å². The van der Waals surface area contributed by atoms with Crippen molar-refractivity contribution in [3.05, 3.63) is 42.5 Å². The van der Waals surface area contributed by atoms with Crippen molar-refractivity contribution in [1.82, 2.24) is 4.90 Å². The number of anilines is 1. The van der Waals surface area contributed by atoms with Gasteiger partial charge in [-0.05, 0) is 25.2 Å². The molecule has 0 bridgehead atoms. The molecule has 0 aliphatic carbocycles. The van der Waals surface area contributed by atoms with Gasteiger partial charge in [0.15, 0.2) is 0 Å². The Kier molecular flexibility index (Phi) is 2.67. The Morgan fingerprint density at radius 2 is 1.60 bits per heavy atom. The molecule has 3 heteroatoms. The molecule has 4 rings (SSSR count). The van der Waals surface area contributed by atoms with Crippen LogP contribution in [0.2, 0.25) is 0 Å². The Morgan fingerprint density at radius 1 is 0.850 bits per heavy atom. The first kappa shape index (κ1) is 11.8. The topological polar surface area (TPSA) is 19.6 Å². The van der Waals surface area contributed by atoms with Gasteiger partial charge in [0.25, 0.3) is 0 Å². The lowest BCUT2D eigenvalue weighted by Gasteiger charge is -2.34. The second-order valence-corrected chi connectivity index (χ2v) is 5.57. The second-order valence-electron chi connectivity index (χ2n) is 5.57. The SMILES string of the molecule is CN1CCN(c2ccc3c(c2)oc2ccccc23)CC1. The lowest BCUT2D eigenvalue weighted by atomic mass is 10.1.